The molecule has 3 aliphatic rings. The van der Waals surface area contributed by atoms with Crippen LogP contribution in [0, 0.1) is 10.8 Å². The Morgan fingerprint density at radius 1 is 1.03 bits per heavy atom. The van der Waals surface area contributed by atoms with Crippen molar-refractivity contribution >= 4 is 33.3 Å². The minimum absolute atomic E-state index is 0.0224. The van der Waals surface area contributed by atoms with Gasteiger partial charge < -0.3 is 10.2 Å². The molecule has 1 amide bonds. The lowest BCUT2D eigenvalue weighted by Crippen LogP contribution is -2.54. The highest BCUT2D eigenvalue weighted by Crippen LogP contribution is 2.47. The molecule has 11 heteroatoms. The van der Waals surface area contributed by atoms with Crippen LogP contribution in [0.25, 0.3) is 0 Å². The van der Waals surface area contributed by atoms with Crippen LogP contribution in [-0.2, 0) is 4.79 Å². The molecule has 0 aromatic carbocycles. The minimum Gasteiger partial charge on any atom is -0.355 e. The number of aromatic nitrogens is 4. The highest BCUT2D eigenvalue weighted by Gasteiger charge is 2.41. The third kappa shape index (κ3) is 6.94. The Labute approximate surface area is 224 Å². The summed E-state index contributed by atoms with van der Waals surface area (Å²) < 4.78 is 0. The van der Waals surface area contributed by atoms with E-state index in [1.807, 2.05) is 12.1 Å². The predicted molar refractivity (Wildman–Crippen MR) is 148 cm³/mol. The normalized spacial score (nSPS) is 24.8. The summed E-state index contributed by atoms with van der Waals surface area (Å²) in [5, 5.41) is 24.3. The summed E-state index contributed by atoms with van der Waals surface area (Å²) >= 11 is 1.39. The molecule has 2 aromatic rings. The zero-order chi connectivity index (χ0) is 26.0. The zero-order valence-corrected chi connectivity index (χ0v) is 23.4. The molecule has 0 unspecified atom stereocenters. The highest BCUT2D eigenvalue weighted by molar-refractivity contribution is 7.19. The SMILES string of the molecule is CC1(C)CC(N2CCN(CC(=O)Nc3nnc(N[C@@H]4CCN(c5cccnn5)C4)s3)CC2)CC(C)(C)C1. The molecule has 1 saturated carbocycles. The van der Waals surface area contributed by atoms with Crippen LogP contribution in [0.3, 0.4) is 0 Å². The maximum absolute atomic E-state index is 12.7. The number of piperazine rings is 1. The first-order valence-electron chi connectivity index (χ1n) is 13.5. The molecule has 3 fully saturated rings. The summed E-state index contributed by atoms with van der Waals surface area (Å²) in [6, 6.07) is 4.79. The van der Waals surface area contributed by atoms with Gasteiger partial charge in [0.05, 0.1) is 6.54 Å². The topological polar surface area (TPSA) is 102 Å². The van der Waals surface area contributed by atoms with Crippen molar-refractivity contribution in [2.75, 3.05) is 61.3 Å². The Morgan fingerprint density at radius 3 is 2.46 bits per heavy atom. The average Bonchev–Trinajstić information content (AvgIpc) is 3.48. The van der Waals surface area contributed by atoms with E-state index in [1.54, 1.807) is 6.20 Å². The Balaban J connectivity index is 1.04. The molecule has 10 nitrogen and oxygen atoms in total. The van der Waals surface area contributed by atoms with Crippen molar-refractivity contribution in [3.63, 3.8) is 0 Å². The van der Waals surface area contributed by atoms with Crippen molar-refractivity contribution < 1.29 is 4.79 Å². The van der Waals surface area contributed by atoms with E-state index in [4.69, 9.17) is 0 Å². The predicted octanol–water partition coefficient (Wildman–Crippen LogP) is 3.18. The minimum atomic E-state index is -0.0224. The molecular weight excluding hydrogens is 486 g/mol. The van der Waals surface area contributed by atoms with E-state index in [0.29, 0.717) is 28.5 Å². The van der Waals surface area contributed by atoms with Gasteiger partial charge in [0.25, 0.3) is 0 Å². The van der Waals surface area contributed by atoms with Gasteiger partial charge in [0.1, 0.15) is 0 Å². The second-order valence-corrected chi connectivity index (χ2v) is 13.5. The molecule has 4 heterocycles. The van der Waals surface area contributed by atoms with E-state index in [0.717, 1.165) is 56.6 Å². The average molecular weight is 528 g/mol. The lowest BCUT2D eigenvalue weighted by molar-refractivity contribution is -0.117. The van der Waals surface area contributed by atoms with Crippen molar-refractivity contribution in [1.82, 2.24) is 30.2 Å². The molecule has 0 spiro atoms. The third-order valence-corrected chi connectivity index (χ3v) is 8.66. The molecule has 37 heavy (non-hydrogen) atoms. The van der Waals surface area contributed by atoms with Gasteiger partial charge in [-0.05, 0) is 48.6 Å². The molecule has 2 N–H and O–H groups in total. The summed E-state index contributed by atoms with van der Waals surface area (Å²) in [7, 11) is 0. The highest BCUT2D eigenvalue weighted by atomic mass is 32.1. The first-order chi connectivity index (χ1) is 17.6. The smallest absolute Gasteiger partial charge is 0.240 e. The van der Waals surface area contributed by atoms with Gasteiger partial charge in [0.2, 0.25) is 16.2 Å². The molecule has 2 aliphatic heterocycles. The number of rotatable bonds is 7. The third-order valence-electron chi connectivity index (χ3n) is 7.89. The lowest BCUT2D eigenvalue weighted by Gasteiger charge is -2.50. The van der Waals surface area contributed by atoms with Gasteiger partial charge in [-0.25, -0.2) is 0 Å². The molecule has 0 bridgehead atoms. The van der Waals surface area contributed by atoms with Crippen LogP contribution >= 0.6 is 11.3 Å². The molecule has 5 rings (SSSR count). The van der Waals surface area contributed by atoms with Gasteiger partial charge in [0.15, 0.2) is 5.82 Å². The van der Waals surface area contributed by atoms with Crippen molar-refractivity contribution in [1.29, 1.82) is 0 Å². The fourth-order valence-electron chi connectivity index (χ4n) is 6.75. The molecule has 1 atom stereocenters. The Bertz CT molecular complexity index is 1040. The van der Waals surface area contributed by atoms with Gasteiger partial charge >= 0.3 is 0 Å². The van der Waals surface area contributed by atoms with Crippen LogP contribution in [0.15, 0.2) is 18.3 Å². The first kappa shape index (κ1) is 26.2. The standard InChI is InChI=1S/C26H41N9OS/c1-25(2)14-20(15-26(3,4)18-25)34-12-10-33(11-13-34)17-22(36)29-24-32-31-23(37-24)28-19-7-9-35(16-19)21-6-5-8-27-30-21/h5-6,8,19-20H,7,9-18H2,1-4H3,(H,28,31)(H,29,32,36)/t19-/m1/s1. The fraction of sp³-hybridized carbons (Fsp3) is 0.731. The Kier molecular flexibility index (Phi) is 7.65. The van der Waals surface area contributed by atoms with Crippen molar-refractivity contribution in [2.24, 2.45) is 10.8 Å². The molecule has 2 aromatic heterocycles. The van der Waals surface area contributed by atoms with E-state index in [9.17, 15) is 4.79 Å². The molecule has 202 valence electrons. The van der Waals surface area contributed by atoms with Gasteiger partial charge in [-0.1, -0.05) is 39.0 Å². The number of carbonyl (C=O) groups is 1. The van der Waals surface area contributed by atoms with Gasteiger partial charge in [-0.2, -0.15) is 5.10 Å². The maximum atomic E-state index is 12.7. The van der Waals surface area contributed by atoms with Crippen LogP contribution < -0.4 is 15.5 Å². The van der Waals surface area contributed by atoms with Crippen molar-refractivity contribution in [3.05, 3.63) is 18.3 Å². The van der Waals surface area contributed by atoms with Crippen molar-refractivity contribution in [3.8, 4) is 0 Å². The molecule has 2 saturated heterocycles. The number of amides is 1. The molecule has 0 radical (unpaired) electrons. The van der Waals surface area contributed by atoms with Gasteiger partial charge in [-0.15, -0.1) is 15.3 Å². The molecule has 1 aliphatic carbocycles. The monoisotopic (exact) mass is 527 g/mol. The van der Waals surface area contributed by atoms with E-state index in [2.05, 4.69) is 73.4 Å². The Hall–Kier alpha value is -2.37. The van der Waals surface area contributed by atoms with E-state index >= 15 is 0 Å². The van der Waals surface area contributed by atoms with Crippen LogP contribution in [0.5, 0.6) is 0 Å². The maximum Gasteiger partial charge on any atom is 0.240 e. The largest absolute Gasteiger partial charge is 0.355 e. The summed E-state index contributed by atoms with van der Waals surface area (Å²) in [6.07, 6.45) is 6.50. The number of anilines is 3. The van der Waals surface area contributed by atoms with E-state index in [-0.39, 0.29) is 11.9 Å². The quantitative estimate of drug-likeness (QED) is 0.562. The number of carbonyl (C=O) groups excluding carboxylic acids is 1. The van der Waals surface area contributed by atoms with Crippen LogP contribution in [0.2, 0.25) is 0 Å². The van der Waals surface area contributed by atoms with Crippen molar-refractivity contribution in [2.45, 2.75) is 65.5 Å². The van der Waals surface area contributed by atoms with Crippen LogP contribution in [0.4, 0.5) is 16.1 Å². The summed E-state index contributed by atoms with van der Waals surface area (Å²) in [5.41, 5.74) is 0.791. The summed E-state index contributed by atoms with van der Waals surface area (Å²) in [4.78, 5) is 19.8. The number of nitrogens with zero attached hydrogens (tertiary/aromatic N) is 7. The number of nitrogens with one attached hydrogen (secondary N) is 2. The zero-order valence-electron chi connectivity index (χ0n) is 22.6. The Morgan fingerprint density at radius 2 is 1.76 bits per heavy atom. The second kappa shape index (κ2) is 10.8. The van der Waals surface area contributed by atoms with Crippen LogP contribution in [0.1, 0.15) is 53.4 Å². The second-order valence-electron chi connectivity index (χ2n) is 12.5. The molecular formula is C26H41N9OS. The first-order valence-corrected chi connectivity index (χ1v) is 14.3. The number of hydrogen-bond donors (Lipinski definition) is 2. The number of hydrogen-bond acceptors (Lipinski definition) is 10. The van der Waals surface area contributed by atoms with Gasteiger partial charge in [0, 0.05) is 57.5 Å². The van der Waals surface area contributed by atoms with Gasteiger partial charge in [-0.3, -0.25) is 19.9 Å². The summed E-state index contributed by atoms with van der Waals surface area (Å²) in [5.74, 6) is 0.870. The fourth-order valence-corrected chi connectivity index (χ4v) is 7.49. The summed E-state index contributed by atoms with van der Waals surface area (Å²) in [6.45, 7) is 15.7. The lowest BCUT2D eigenvalue weighted by atomic mass is 9.63. The van der Waals surface area contributed by atoms with E-state index in [1.165, 1.54) is 30.6 Å². The van der Waals surface area contributed by atoms with E-state index < -0.39 is 0 Å². The van der Waals surface area contributed by atoms with Crippen LogP contribution in [-0.4, -0.2) is 94.0 Å².